The average Bonchev–Trinajstić information content (AvgIpc) is 2.45. The van der Waals surface area contributed by atoms with Crippen LogP contribution in [0.25, 0.3) is 0 Å². The normalized spacial score (nSPS) is 11.4. The number of carbonyl (C=O) groups excluding carboxylic acids is 1. The van der Waals surface area contributed by atoms with Crippen LogP contribution < -0.4 is 10.1 Å². The maximum Gasteiger partial charge on any atom is 0.220 e. The largest absolute Gasteiger partial charge is 0.497 e. The smallest absolute Gasteiger partial charge is 0.220 e. The Morgan fingerprint density at radius 2 is 2.11 bits per heavy atom. The zero-order valence-corrected chi connectivity index (χ0v) is 11.6. The molecule has 0 saturated heterocycles. The molecule has 0 aliphatic rings. The molecule has 3 heteroatoms. The quantitative estimate of drug-likeness (QED) is 0.603. The van der Waals surface area contributed by atoms with Gasteiger partial charge < -0.3 is 10.1 Å². The van der Waals surface area contributed by atoms with E-state index in [0.29, 0.717) is 12.8 Å². The van der Waals surface area contributed by atoms with Gasteiger partial charge in [0.25, 0.3) is 0 Å². The SMILES string of the molecule is C#CCCCC(=O)N[C@H](CC)c1ccc(OC)cc1. The molecule has 102 valence electrons. The van der Waals surface area contributed by atoms with Gasteiger partial charge in [-0.15, -0.1) is 12.3 Å². The number of carbonyl (C=O) groups is 1. The van der Waals surface area contributed by atoms with Crippen molar-refractivity contribution in [2.45, 2.75) is 38.6 Å². The zero-order chi connectivity index (χ0) is 14.1. The highest BCUT2D eigenvalue weighted by molar-refractivity contribution is 5.76. The van der Waals surface area contributed by atoms with Crippen molar-refractivity contribution in [3.63, 3.8) is 0 Å². The summed E-state index contributed by atoms with van der Waals surface area (Å²) in [5.41, 5.74) is 1.09. The fourth-order valence-electron chi connectivity index (χ4n) is 1.87. The first-order valence-electron chi connectivity index (χ1n) is 6.58. The lowest BCUT2D eigenvalue weighted by atomic mass is 10.0. The first-order chi connectivity index (χ1) is 9.21. The first kappa shape index (κ1) is 15.1. The molecule has 0 aromatic heterocycles. The number of nitrogens with one attached hydrogen (secondary N) is 1. The third-order valence-corrected chi connectivity index (χ3v) is 2.99. The Kier molecular flexibility index (Phi) is 6.52. The second-order valence-electron chi connectivity index (χ2n) is 4.36. The van der Waals surface area contributed by atoms with Crippen molar-refractivity contribution in [3.8, 4) is 18.1 Å². The van der Waals surface area contributed by atoms with Gasteiger partial charge in [-0.05, 0) is 30.5 Å². The van der Waals surface area contributed by atoms with Crippen molar-refractivity contribution < 1.29 is 9.53 Å². The molecule has 0 radical (unpaired) electrons. The van der Waals surface area contributed by atoms with Crippen LogP contribution in [0.15, 0.2) is 24.3 Å². The molecule has 0 unspecified atom stereocenters. The molecule has 3 nitrogen and oxygen atoms in total. The average molecular weight is 259 g/mol. The molecule has 0 aliphatic heterocycles. The van der Waals surface area contributed by atoms with E-state index in [1.165, 1.54) is 0 Å². The van der Waals surface area contributed by atoms with Gasteiger partial charge >= 0.3 is 0 Å². The number of amides is 1. The summed E-state index contributed by atoms with van der Waals surface area (Å²) in [5, 5.41) is 3.03. The van der Waals surface area contributed by atoms with Gasteiger partial charge in [-0.2, -0.15) is 0 Å². The summed E-state index contributed by atoms with van der Waals surface area (Å²) >= 11 is 0. The fourth-order valence-corrected chi connectivity index (χ4v) is 1.87. The Labute approximate surface area is 115 Å². The molecule has 0 spiro atoms. The van der Waals surface area contributed by atoms with Crippen LogP contribution in [0.2, 0.25) is 0 Å². The van der Waals surface area contributed by atoms with E-state index in [2.05, 4.69) is 18.2 Å². The summed E-state index contributed by atoms with van der Waals surface area (Å²) in [6.07, 6.45) is 7.89. The number of hydrogen-bond acceptors (Lipinski definition) is 2. The van der Waals surface area contributed by atoms with E-state index in [4.69, 9.17) is 11.2 Å². The van der Waals surface area contributed by atoms with Crippen molar-refractivity contribution in [1.82, 2.24) is 5.32 Å². The van der Waals surface area contributed by atoms with E-state index >= 15 is 0 Å². The fraction of sp³-hybridized carbons (Fsp3) is 0.438. The minimum absolute atomic E-state index is 0.0456. The standard InChI is InChI=1S/C16H21NO2/c1-4-6-7-8-16(18)17-15(5-2)13-9-11-14(19-3)12-10-13/h1,9-12,15H,5-8H2,2-3H3,(H,17,18)/t15-/m1/s1. The Morgan fingerprint density at radius 1 is 1.42 bits per heavy atom. The number of ether oxygens (including phenoxy) is 1. The summed E-state index contributed by atoms with van der Waals surface area (Å²) < 4.78 is 5.12. The molecule has 0 saturated carbocycles. The lowest BCUT2D eigenvalue weighted by molar-refractivity contribution is -0.121. The molecule has 19 heavy (non-hydrogen) atoms. The Hall–Kier alpha value is -1.95. The number of rotatable bonds is 7. The molecule has 1 atom stereocenters. The molecule has 0 aliphatic carbocycles. The van der Waals surface area contributed by atoms with Gasteiger partial charge in [-0.25, -0.2) is 0 Å². The zero-order valence-electron chi connectivity index (χ0n) is 11.6. The van der Waals surface area contributed by atoms with Crippen LogP contribution in [-0.4, -0.2) is 13.0 Å². The molecular weight excluding hydrogens is 238 g/mol. The molecular formula is C16H21NO2. The van der Waals surface area contributed by atoms with Crippen LogP contribution in [0.5, 0.6) is 5.75 Å². The van der Waals surface area contributed by atoms with Gasteiger partial charge in [0.2, 0.25) is 5.91 Å². The molecule has 0 heterocycles. The van der Waals surface area contributed by atoms with E-state index in [9.17, 15) is 4.79 Å². The van der Waals surface area contributed by atoms with Crippen molar-refractivity contribution in [2.24, 2.45) is 0 Å². The van der Waals surface area contributed by atoms with Gasteiger partial charge in [-0.1, -0.05) is 19.1 Å². The number of terminal acetylenes is 1. The maximum absolute atomic E-state index is 11.8. The Balaban J connectivity index is 2.57. The monoisotopic (exact) mass is 259 g/mol. The van der Waals surface area contributed by atoms with Gasteiger partial charge in [0.05, 0.1) is 13.2 Å². The third kappa shape index (κ3) is 5.05. The van der Waals surface area contributed by atoms with Crippen molar-refractivity contribution in [2.75, 3.05) is 7.11 Å². The Morgan fingerprint density at radius 3 is 2.63 bits per heavy atom. The van der Waals surface area contributed by atoms with E-state index in [-0.39, 0.29) is 11.9 Å². The topological polar surface area (TPSA) is 38.3 Å². The highest BCUT2D eigenvalue weighted by Crippen LogP contribution is 2.20. The minimum atomic E-state index is 0.0456. The molecule has 0 bridgehead atoms. The molecule has 1 aromatic rings. The first-order valence-corrected chi connectivity index (χ1v) is 6.58. The lowest BCUT2D eigenvalue weighted by Gasteiger charge is -2.17. The third-order valence-electron chi connectivity index (χ3n) is 2.99. The van der Waals surface area contributed by atoms with Gasteiger partial charge in [0, 0.05) is 12.8 Å². The molecule has 1 rings (SSSR count). The summed E-state index contributed by atoms with van der Waals surface area (Å²) in [5.74, 6) is 3.41. The van der Waals surface area contributed by atoms with Crippen LogP contribution in [0.4, 0.5) is 0 Å². The predicted molar refractivity (Wildman–Crippen MR) is 76.9 cm³/mol. The van der Waals surface area contributed by atoms with Crippen LogP contribution >= 0.6 is 0 Å². The number of benzene rings is 1. The number of unbranched alkanes of at least 4 members (excludes halogenated alkanes) is 1. The summed E-state index contributed by atoms with van der Waals surface area (Å²) in [4.78, 5) is 11.8. The van der Waals surface area contributed by atoms with Crippen molar-refractivity contribution in [3.05, 3.63) is 29.8 Å². The summed E-state index contributed by atoms with van der Waals surface area (Å²) in [6.45, 7) is 2.05. The molecule has 0 fully saturated rings. The summed E-state index contributed by atoms with van der Waals surface area (Å²) in [7, 11) is 1.64. The van der Waals surface area contributed by atoms with E-state index in [0.717, 1.165) is 24.2 Å². The molecule has 1 amide bonds. The van der Waals surface area contributed by atoms with Crippen LogP contribution in [0, 0.1) is 12.3 Å². The molecule has 1 N–H and O–H groups in total. The summed E-state index contributed by atoms with van der Waals surface area (Å²) in [6, 6.07) is 7.82. The van der Waals surface area contributed by atoms with Crippen molar-refractivity contribution >= 4 is 5.91 Å². The van der Waals surface area contributed by atoms with Gasteiger partial charge in [0.1, 0.15) is 5.75 Å². The highest BCUT2D eigenvalue weighted by atomic mass is 16.5. The number of hydrogen-bond donors (Lipinski definition) is 1. The second kappa shape index (κ2) is 8.20. The van der Waals surface area contributed by atoms with Gasteiger partial charge in [-0.3, -0.25) is 4.79 Å². The number of methoxy groups -OCH3 is 1. The van der Waals surface area contributed by atoms with Gasteiger partial charge in [0.15, 0.2) is 0 Å². The van der Waals surface area contributed by atoms with Crippen LogP contribution in [0.3, 0.4) is 0 Å². The van der Waals surface area contributed by atoms with Crippen molar-refractivity contribution in [1.29, 1.82) is 0 Å². The van der Waals surface area contributed by atoms with Crippen LogP contribution in [0.1, 0.15) is 44.2 Å². The van der Waals surface area contributed by atoms with E-state index in [1.807, 2.05) is 24.3 Å². The lowest BCUT2D eigenvalue weighted by Crippen LogP contribution is -2.27. The predicted octanol–water partition coefficient (Wildman–Crippen LogP) is 3.07. The molecule has 1 aromatic carbocycles. The highest BCUT2D eigenvalue weighted by Gasteiger charge is 2.12. The van der Waals surface area contributed by atoms with E-state index in [1.54, 1.807) is 7.11 Å². The van der Waals surface area contributed by atoms with E-state index < -0.39 is 0 Å². The minimum Gasteiger partial charge on any atom is -0.497 e. The maximum atomic E-state index is 11.8. The second-order valence-corrected chi connectivity index (χ2v) is 4.36. The van der Waals surface area contributed by atoms with Crippen LogP contribution in [-0.2, 0) is 4.79 Å². The Bertz CT molecular complexity index is 431.